The zero-order valence-electron chi connectivity index (χ0n) is 14.5. The van der Waals surface area contributed by atoms with Crippen LogP contribution in [0.1, 0.15) is 36.5 Å². The summed E-state index contributed by atoms with van der Waals surface area (Å²) in [6, 6.07) is 7.01. The zero-order chi connectivity index (χ0) is 17.4. The highest BCUT2D eigenvalue weighted by atomic mass is 16.5. The molecule has 0 saturated carbocycles. The number of piperidine rings is 1. The summed E-state index contributed by atoms with van der Waals surface area (Å²) in [5, 5.41) is 9.14. The van der Waals surface area contributed by atoms with E-state index in [9.17, 15) is 9.59 Å². The molecule has 1 aliphatic rings. The first-order valence-electron chi connectivity index (χ1n) is 8.46. The molecule has 1 fully saturated rings. The third-order valence-electron chi connectivity index (χ3n) is 4.47. The number of hydrogen-bond donors (Lipinski definition) is 3. The van der Waals surface area contributed by atoms with Gasteiger partial charge in [-0.3, -0.25) is 9.59 Å². The van der Waals surface area contributed by atoms with Gasteiger partial charge in [0.1, 0.15) is 0 Å². The zero-order valence-corrected chi connectivity index (χ0v) is 14.5. The summed E-state index contributed by atoms with van der Waals surface area (Å²) >= 11 is 0. The van der Waals surface area contributed by atoms with Crippen LogP contribution in [0.15, 0.2) is 24.3 Å². The summed E-state index contributed by atoms with van der Waals surface area (Å²) in [4.78, 5) is 23.9. The lowest BCUT2D eigenvalue weighted by molar-refractivity contribution is -0.115. The Hall–Kier alpha value is -1.92. The number of hydrogen-bond acceptors (Lipinski definition) is 4. The van der Waals surface area contributed by atoms with E-state index in [-0.39, 0.29) is 17.2 Å². The van der Waals surface area contributed by atoms with E-state index in [1.165, 1.54) is 0 Å². The molecule has 6 nitrogen and oxygen atoms in total. The molecule has 1 aromatic rings. The number of carbonyl (C=O) groups excluding carboxylic acids is 2. The molecule has 0 unspecified atom stereocenters. The van der Waals surface area contributed by atoms with Gasteiger partial charge in [0.15, 0.2) is 0 Å². The van der Waals surface area contributed by atoms with Crippen LogP contribution in [0.3, 0.4) is 0 Å². The van der Waals surface area contributed by atoms with Crippen molar-refractivity contribution in [1.82, 2.24) is 10.6 Å². The van der Waals surface area contributed by atoms with Crippen LogP contribution in [0.4, 0.5) is 5.69 Å². The molecule has 24 heavy (non-hydrogen) atoms. The van der Waals surface area contributed by atoms with Crippen molar-refractivity contribution in [3.63, 3.8) is 0 Å². The maximum absolute atomic E-state index is 12.5. The highest BCUT2D eigenvalue weighted by Crippen LogP contribution is 2.28. The van der Waals surface area contributed by atoms with Crippen LogP contribution in [0.2, 0.25) is 0 Å². The van der Waals surface area contributed by atoms with Crippen molar-refractivity contribution in [2.45, 2.75) is 26.2 Å². The summed E-state index contributed by atoms with van der Waals surface area (Å²) in [6.07, 6.45) is 2.37. The average molecular weight is 333 g/mol. The van der Waals surface area contributed by atoms with E-state index < -0.39 is 0 Å². The molecular formula is C18H27N3O3. The molecule has 0 radical (unpaired) electrons. The Kier molecular flexibility index (Phi) is 6.75. The highest BCUT2D eigenvalue weighted by Gasteiger charge is 2.32. The number of benzene rings is 1. The van der Waals surface area contributed by atoms with Crippen molar-refractivity contribution < 1.29 is 14.3 Å². The lowest BCUT2D eigenvalue weighted by Gasteiger charge is -2.37. The maximum atomic E-state index is 12.5. The molecule has 0 aliphatic carbocycles. The summed E-state index contributed by atoms with van der Waals surface area (Å²) < 4.78 is 5.37. The van der Waals surface area contributed by atoms with E-state index >= 15 is 0 Å². The van der Waals surface area contributed by atoms with Crippen molar-refractivity contribution in [2.75, 3.05) is 38.7 Å². The van der Waals surface area contributed by atoms with Gasteiger partial charge in [-0.05, 0) is 44.1 Å². The van der Waals surface area contributed by atoms with E-state index in [1.54, 1.807) is 38.3 Å². The molecule has 0 spiro atoms. The Bertz CT molecular complexity index is 563. The van der Waals surface area contributed by atoms with E-state index in [0.717, 1.165) is 25.9 Å². The van der Waals surface area contributed by atoms with E-state index in [4.69, 9.17) is 4.74 Å². The smallest absolute Gasteiger partial charge is 0.251 e. The Balaban J connectivity index is 1.98. The largest absolute Gasteiger partial charge is 0.384 e. The van der Waals surface area contributed by atoms with E-state index in [0.29, 0.717) is 30.8 Å². The predicted octanol–water partition coefficient (Wildman–Crippen LogP) is 1.78. The highest BCUT2D eigenvalue weighted by molar-refractivity contribution is 5.97. The molecule has 1 saturated heterocycles. The molecule has 1 aromatic carbocycles. The number of methoxy groups -OCH3 is 1. The summed E-state index contributed by atoms with van der Waals surface area (Å²) in [5.41, 5.74) is 1.18. The van der Waals surface area contributed by atoms with E-state index in [1.807, 2.05) is 0 Å². The number of amides is 2. The van der Waals surface area contributed by atoms with Gasteiger partial charge in [0.25, 0.3) is 5.91 Å². The lowest BCUT2D eigenvalue weighted by Crippen LogP contribution is -2.47. The van der Waals surface area contributed by atoms with Crippen LogP contribution < -0.4 is 16.0 Å². The molecular weight excluding hydrogens is 306 g/mol. The van der Waals surface area contributed by atoms with Crippen LogP contribution in [0, 0.1) is 5.41 Å². The molecule has 0 atom stereocenters. The fraction of sp³-hybridized carbons (Fsp3) is 0.556. The number of ether oxygens (including phenoxy) is 1. The first-order valence-corrected chi connectivity index (χ1v) is 8.46. The van der Waals surface area contributed by atoms with Gasteiger partial charge in [0.05, 0.1) is 6.61 Å². The van der Waals surface area contributed by atoms with Gasteiger partial charge < -0.3 is 20.7 Å². The first-order chi connectivity index (χ1) is 11.6. The van der Waals surface area contributed by atoms with Crippen LogP contribution >= 0.6 is 0 Å². The standard InChI is InChI=1S/C18H27N3O3/c1-3-16(22)21-15-6-4-5-14(11-15)17(23)20-12-18(13-24-2)7-9-19-10-8-18/h4-6,11,19H,3,7-10,12-13H2,1-2H3,(H,20,23)(H,21,22). The summed E-state index contributed by atoms with van der Waals surface area (Å²) in [7, 11) is 1.70. The maximum Gasteiger partial charge on any atom is 0.251 e. The minimum atomic E-state index is -0.128. The Morgan fingerprint density at radius 2 is 2.04 bits per heavy atom. The molecule has 2 rings (SSSR count). The monoisotopic (exact) mass is 333 g/mol. The van der Waals surface area contributed by atoms with Crippen molar-refractivity contribution >= 4 is 17.5 Å². The quantitative estimate of drug-likeness (QED) is 0.711. The van der Waals surface area contributed by atoms with Crippen LogP contribution in [-0.2, 0) is 9.53 Å². The van der Waals surface area contributed by atoms with Crippen molar-refractivity contribution in [2.24, 2.45) is 5.41 Å². The normalized spacial score (nSPS) is 16.4. The molecule has 1 heterocycles. The molecule has 1 aliphatic heterocycles. The molecule has 2 amide bonds. The SMILES string of the molecule is CCC(=O)Nc1cccc(C(=O)NCC2(COC)CCNCC2)c1. The third kappa shape index (κ3) is 5.04. The minimum absolute atomic E-state index is 0.0102. The summed E-state index contributed by atoms with van der Waals surface area (Å²) in [5.74, 6) is -0.196. The van der Waals surface area contributed by atoms with Gasteiger partial charge in [-0.25, -0.2) is 0 Å². The number of rotatable bonds is 7. The number of nitrogens with one attached hydrogen (secondary N) is 3. The summed E-state index contributed by atoms with van der Waals surface area (Å²) in [6.45, 7) is 4.91. The molecule has 3 N–H and O–H groups in total. The second kappa shape index (κ2) is 8.80. The topological polar surface area (TPSA) is 79.5 Å². The van der Waals surface area contributed by atoms with Crippen molar-refractivity contribution in [3.8, 4) is 0 Å². The average Bonchev–Trinajstić information content (AvgIpc) is 2.61. The number of carbonyl (C=O) groups is 2. The Morgan fingerprint density at radius 3 is 2.71 bits per heavy atom. The van der Waals surface area contributed by atoms with Gasteiger partial charge in [-0.1, -0.05) is 13.0 Å². The van der Waals surface area contributed by atoms with Gasteiger partial charge in [-0.15, -0.1) is 0 Å². The lowest BCUT2D eigenvalue weighted by atomic mass is 9.79. The minimum Gasteiger partial charge on any atom is -0.384 e. The fourth-order valence-corrected chi connectivity index (χ4v) is 2.99. The second-order valence-corrected chi connectivity index (χ2v) is 6.35. The van der Waals surface area contributed by atoms with E-state index in [2.05, 4.69) is 16.0 Å². The Labute approximate surface area is 143 Å². The van der Waals surface area contributed by atoms with Gasteiger partial charge >= 0.3 is 0 Å². The van der Waals surface area contributed by atoms with Crippen molar-refractivity contribution in [3.05, 3.63) is 29.8 Å². The second-order valence-electron chi connectivity index (χ2n) is 6.35. The van der Waals surface area contributed by atoms with Gasteiger partial charge in [0.2, 0.25) is 5.91 Å². The molecule has 0 bridgehead atoms. The Morgan fingerprint density at radius 1 is 1.29 bits per heavy atom. The fourth-order valence-electron chi connectivity index (χ4n) is 2.99. The van der Waals surface area contributed by atoms with Crippen LogP contribution in [0.5, 0.6) is 0 Å². The molecule has 0 aromatic heterocycles. The third-order valence-corrected chi connectivity index (χ3v) is 4.47. The number of anilines is 1. The first kappa shape index (κ1) is 18.4. The van der Waals surface area contributed by atoms with Crippen LogP contribution in [-0.4, -0.2) is 45.2 Å². The van der Waals surface area contributed by atoms with Gasteiger partial charge in [-0.2, -0.15) is 0 Å². The molecule has 132 valence electrons. The predicted molar refractivity (Wildman–Crippen MR) is 94.1 cm³/mol. The van der Waals surface area contributed by atoms with Gasteiger partial charge in [0, 0.05) is 36.7 Å². The van der Waals surface area contributed by atoms with Crippen molar-refractivity contribution in [1.29, 1.82) is 0 Å². The molecule has 6 heteroatoms. The van der Waals surface area contributed by atoms with Crippen LogP contribution in [0.25, 0.3) is 0 Å².